The lowest BCUT2D eigenvalue weighted by molar-refractivity contribution is 0.0153. The van der Waals surface area contributed by atoms with Crippen molar-refractivity contribution in [2.24, 2.45) is 5.92 Å². The molecule has 1 aliphatic rings. The molecule has 0 aromatic heterocycles. The van der Waals surface area contributed by atoms with Gasteiger partial charge in [0.15, 0.2) is 0 Å². The molecule has 0 atom stereocenters. The molecule has 1 fully saturated rings. The SMILES string of the molecule is CCCCCCCOC1CCC(CCc2ccc(C#Cc3ccc(Cl)cc3F)cc2)CC1. The van der Waals surface area contributed by atoms with Gasteiger partial charge in [0.05, 0.1) is 11.7 Å². The molecule has 2 aromatic carbocycles. The minimum absolute atomic E-state index is 0.370. The van der Waals surface area contributed by atoms with E-state index in [0.29, 0.717) is 16.7 Å². The maximum Gasteiger partial charge on any atom is 0.140 e. The molecular weight excluding hydrogens is 419 g/mol. The molecule has 0 bridgehead atoms. The van der Waals surface area contributed by atoms with Crippen LogP contribution in [-0.4, -0.2) is 12.7 Å². The molecule has 0 radical (unpaired) electrons. The molecule has 0 spiro atoms. The van der Waals surface area contributed by atoms with Gasteiger partial charge in [0.1, 0.15) is 5.82 Å². The van der Waals surface area contributed by atoms with Gasteiger partial charge in [0, 0.05) is 17.2 Å². The third kappa shape index (κ3) is 8.61. The van der Waals surface area contributed by atoms with E-state index in [0.717, 1.165) is 24.5 Å². The Labute approximate surface area is 198 Å². The number of benzene rings is 2. The lowest BCUT2D eigenvalue weighted by Gasteiger charge is -2.28. The van der Waals surface area contributed by atoms with E-state index in [9.17, 15) is 4.39 Å². The summed E-state index contributed by atoms with van der Waals surface area (Å²) in [5.74, 6) is 6.37. The molecule has 0 heterocycles. The topological polar surface area (TPSA) is 9.23 Å². The maximum atomic E-state index is 13.8. The van der Waals surface area contributed by atoms with E-state index in [-0.39, 0.29) is 5.82 Å². The van der Waals surface area contributed by atoms with Crippen LogP contribution in [0.2, 0.25) is 5.02 Å². The number of halogens is 2. The molecule has 1 saturated carbocycles. The second-order valence-corrected chi connectivity index (χ2v) is 9.47. The Bertz CT molecular complexity index is 872. The maximum absolute atomic E-state index is 13.8. The van der Waals surface area contributed by atoms with Crippen LogP contribution < -0.4 is 0 Å². The second-order valence-electron chi connectivity index (χ2n) is 9.04. The molecule has 0 saturated heterocycles. The van der Waals surface area contributed by atoms with Gasteiger partial charge in [0.2, 0.25) is 0 Å². The first kappa shape index (κ1) is 24.8. The summed E-state index contributed by atoms with van der Waals surface area (Å²) < 4.78 is 20.0. The van der Waals surface area contributed by atoms with Gasteiger partial charge < -0.3 is 4.74 Å². The molecule has 0 unspecified atom stereocenters. The standard InChI is InChI=1S/C29H36ClFO/c1-2-3-4-5-6-21-32-28-19-14-25(15-20-28)12-9-23-7-10-24(11-8-23)13-16-26-17-18-27(30)22-29(26)31/h7-8,10-11,17-18,22,25,28H,2-6,9,12,14-15,19-21H2,1H3. The minimum Gasteiger partial charge on any atom is -0.378 e. The highest BCUT2D eigenvalue weighted by Crippen LogP contribution is 2.29. The summed E-state index contributed by atoms with van der Waals surface area (Å²) in [6.45, 7) is 3.20. The average molecular weight is 455 g/mol. The van der Waals surface area contributed by atoms with Crippen LogP contribution in [0.25, 0.3) is 0 Å². The molecule has 0 amide bonds. The van der Waals surface area contributed by atoms with Crippen molar-refractivity contribution < 1.29 is 9.13 Å². The quantitative estimate of drug-likeness (QED) is 0.259. The Hall–Kier alpha value is -1.82. The summed E-state index contributed by atoms with van der Waals surface area (Å²) in [5.41, 5.74) is 2.61. The summed E-state index contributed by atoms with van der Waals surface area (Å²) in [6, 6.07) is 12.9. The van der Waals surface area contributed by atoms with Gasteiger partial charge >= 0.3 is 0 Å². The van der Waals surface area contributed by atoms with Crippen molar-refractivity contribution in [3.63, 3.8) is 0 Å². The summed E-state index contributed by atoms with van der Waals surface area (Å²) >= 11 is 5.79. The molecule has 1 nitrogen and oxygen atoms in total. The van der Waals surface area contributed by atoms with Crippen LogP contribution in [0.15, 0.2) is 42.5 Å². The van der Waals surface area contributed by atoms with E-state index in [1.165, 1.54) is 75.8 Å². The van der Waals surface area contributed by atoms with E-state index in [1.54, 1.807) is 12.1 Å². The van der Waals surface area contributed by atoms with E-state index in [1.807, 2.05) is 12.1 Å². The number of hydrogen-bond donors (Lipinski definition) is 0. The van der Waals surface area contributed by atoms with Crippen LogP contribution >= 0.6 is 11.6 Å². The van der Waals surface area contributed by atoms with Crippen molar-refractivity contribution in [2.75, 3.05) is 6.61 Å². The zero-order chi connectivity index (χ0) is 22.6. The van der Waals surface area contributed by atoms with E-state index in [2.05, 4.69) is 30.9 Å². The van der Waals surface area contributed by atoms with Gasteiger partial charge in [-0.3, -0.25) is 0 Å². The highest BCUT2D eigenvalue weighted by molar-refractivity contribution is 6.30. The van der Waals surface area contributed by atoms with Gasteiger partial charge in [-0.15, -0.1) is 0 Å². The highest BCUT2D eigenvalue weighted by atomic mass is 35.5. The lowest BCUT2D eigenvalue weighted by Crippen LogP contribution is -2.22. The van der Waals surface area contributed by atoms with Crippen LogP contribution in [0, 0.1) is 23.6 Å². The van der Waals surface area contributed by atoms with Gasteiger partial charge in [-0.1, -0.05) is 68.2 Å². The number of rotatable bonds is 10. The van der Waals surface area contributed by atoms with Crippen molar-refractivity contribution in [1.82, 2.24) is 0 Å². The third-order valence-electron chi connectivity index (χ3n) is 6.46. The molecular formula is C29H36ClFO. The van der Waals surface area contributed by atoms with Gasteiger partial charge in [-0.05, 0) is 86.8 Å². The largest absolute Gasteiger partial charge is 0.378 e. The second kappa shape index (κ2) is 13.7. The van der Waals surface area contributed by atoms with E-state index >= 15 is 0 Å². The minimum atomic E-state index is -0.381. The predicted molar refractivity (Wildman–Crippen MR) is 133 cm³/mol. The van der Waals surface area contributed by atoms with Crippen LogP contribution in [0.4, 0.5) is 4.39 Å². The predicted octanol–water partition coefficient (Wildman–Crippen LogP) is 8.36. The van der Waals surface area contributed by atoms with Crippen molar-refractivity contribution in [1.29, 1.82) is 0 Å². The zero-order valence-corrected chi connectivity index (χ0v) is 20.1. The fourth-order valence-corrected chi connectivity index (χ4v) is 4.56. The van der Waals surface area contributed by atoms with Crippen molar-refractivity contribution in [3.05, 3.63) is 70.0 Å². The van der Waals surface area contributed by atoms with Crippen LogP contribution in [-0.2, 0) is 11.2 Å². The Balaban J connectivity index is 1.35. The first-order valence-electron chi connectivity index (χ1n) is 12.3. The average Bonchev–Trinajstić information content (AvgIpc) is 2.81. The van der Waals surface area contributed by atoms with Crippen LogP contribution in [0.1, 0.15) is 87.8 Å². The zero-order valence-electron chi connectivity index (χ0n) is 19.3. The van der Waals surface area contributed by atoms with Crippen LogP contribution in [0.3, 0.4) is 0 Å². The number of hydrogen-bond acceptors (Lipinski definition) is 1. The normalized spacial score (nSPS) is 18.2. The summed E-state index contributed by atoms with van der Waals surface area (Å²) in [6.07, 6.45) is 14.4. The van der Waals surface area contributed by atoms with Gasteiger partial charge in [-0.2, -0.15) is 0 Å². The Morgan fingerprint density at radius 2 is 1.69 bits per heavy atom. The Kier molecular flexibility index (Phi) is 10.6. The van der Waals surface area contributed by atoms with Crippen LogP contribution in [0.5, 0.6) is 0 Å². The fourth-order valence-electron chi connectivity index (χ4n) is 4.40. The molecule has 2 aromatic rings. The smallest absolute Gasteiger partial charge is 0.140 e. The number of unbranched alkanes of at least 4 members (excludes halogenated alkanes) is 4. The molecule has 0 N–H and O–H groups in total. The van der Waals surface area contributed by atoms with Crippen molar-refractivity contribution >= 4 is 11.6 Å². The summed E-state index contributed by atoms with van der Waals surface area (Å²) in [7, 11) is 0. The lowest BCUT2D eigenvalue weighted by atomic mass is 9.83. The first-order chi connectivity index (χ1) is 15.6. The van der Waals surface area contributed by atoms with Crippen molar-refractivity contribution in [2.45, 2.75) is 83.7 Å². The van der Waals surface area contributed by atoms with Crippen molar-refractivity contribution in [3.8, 4) is 11.8 Å². The monoisotopic (exact) mass is 454 g/mol. The fraction of sp³-hybridized carbons (Fsp3) is 0.517. The van der Waals surface area contributed by atoms with Gasteiger partial charge in [0.25, 0.3) is 0 Å². The summed E-state index contributed by atoms with van der Waals surface area (Å²) in [4.78, 5) is 0. The molecule has 0 aliphatic heterocycles. The first-order valence-corrected chi connectivity index (χ1v) is 12.7. The molecule has 1 aliphatic carbocycles. The molecule has 172 valence electrons. The van der Waals surface area contributed by atoms with E-state index < -0.39 is 0 Å². The Morgan fingerprint density at radius 1 is 0.938 bits per heavy atom. The summed E-state index contributed by atoms with van der Waals surface area (Å²) in [5, 5.41) is 0.385. The number of aryl methyl sites for hydroxylation is 1. The molecule has 3 heteroatoms. The Morgan fingerprint density at radius 3 is 2.41 bits per heavy atom. The van der Waals surface area contributed by atoms with E-state index in [4.69, 9.17) is 16.3 Å². The molecule has 32 heavy (non-hydrogen) atoms. The molecule has 3 rings (SSSR count). The highest BCUT2D eigenvalue weighted by Gasteiger charge is 2.21. The third-order valence-corrected chi connectivity index (χ3v) is 6.70. The van der Waals surface area contributed by atoms with Gasteiger partial charge in [-0.25, -0.2) is 4.39 Å². The number of ether oxygens (including phenoxy) is 1.